The van der Waals surface area contributed by atoms with Gasteiger partial charge in [0.05, 0.1) is 25.2 Å². The monoisotopic (exact) mass is 424 g/mol. The van der Waals surface area contributed by atoms with Crippen molar-refractivity contribution >= 4 is 11.6 Å². The molecular formula is C23H31F3N2O2. The molecule has 0 N–H and O–H groups in total. The maximum absolute atomic E-state index is 13.4. The molecule has 4 nitrogen and oxygen atoms in total. The first-order valence-corrected chi connectivity index (χ1v) is 11.3. The Hall–Kier alpha value is -1.76. The molecule has 2 aliphatic heterocycles. The molecule has 0 spiro atoms. The van der Waals surface area contributed by atoms with Crippen molar-refractivity contribution in [2.24, 2.45) is 5.92 Å². The molecular weight excluding hydrogens is 393 g/mol. The zero-order valence-corrected chi connectivity index (χ0v) is 17.4. The molecule has 0 radical (unpaired) electrons. The Morgan fingerprint density at radius 2 is 1.73 bits per heavy atom. The van der Waals surface area contributed by atoms with Crippen molar-refractivity contribution in [3.63, 3.8) is 0 Å². The molecule has 2 saturated heterocycles. The summed E-state index contributed by atoms with van der Waals surface area (Å²) in [5.74, 6) is 0.516. The minimum Gasteiger partial charge on any atom is -0.378 e. The highest BCUT2D eigenvalue weighted by Gasteiger charge is 2.36. The predicted octanol–water partition coefficient (Wildman–Crippen LogP) is 4.66. The molecule has 3 fully saturated rings. The molecule has 1 amide bonds. The first kappa shape index (κ1) is 21.5. The Kier molecular flexibility index (Phi) is 6.56. The Balaban J connectivity index is 1.56. The molecule has 1 aromatic carbocycles. The molecule has 0 bridgehead atoms. The number of halogens is 3. The van der Waals surface area contributed by atoms with E-state index in [0.717, 1.165) is 44.0 Å². The van der Waals surface area contributed by atoms with E-state index in [0.29, 0.717) is 37.8 Å². The second-order valence-corrected chi connectivity index (χ2v) is 8.81. The van der Waals surface area contributed by atoms with Crippen LogP contribution in [0, 0.1) is 5.92 Å². The van der Waals surface area contributed by atoms with E-state index in [1.165, 1.54) is 31.4 Å². The molecule has 166 valence electrons. The van der Waals surface area contributed by atoms with Crippen LogP contribution in [0.25, 0.3) is 0 Å². The van der Waals surface area contributed by atoms with Crippen LogP contribution in [0.2, 0.25) is 0 Å². The van der Waals surface area contributed by atoms with Crippen LogP contribution in [0.1, 0.15) is 56.1 Å². The number of ether oxygens (including phenoxy) is 1. The third kappa shape index (κ3) is 4.76. The van der Waals surface area contributed by atoms with Crippen molar-refractivity contribution < 1.29 is 22.7 Å². The van der Waals surface area contributed by atoms with Gasteiger partial charge in [-0.05, 0) is 55.4 Å². The second-order valence-electron chi connectivity index (χ2n) is 8.81. The Bertz CT molecular complexity index is 740. The summed E-state index contributed by atoms with van der Waals surface area (Å²) in [6.07, 6.45) is 3.66. The summed E-state index contributed by atoms with van der Waals surface area (Å²) >= 11 is 0. The quantitative estimate of drug-likeness (QED) is 0.705. The summed E-state index contributed by atoms with van der Waals surface area (Å²) in [7, 11) is 0. The smallest absolute Gasteiger partial charge is 0.378 e. The maximum Gasteiger partial charge on any atom is 0.416 e. The number of likely N-dealkylation sites (tertiary alicyclic amines) is 1. The number of carbonyl (C=O) groups is 1. The third-order valence-electron chi connectivity index (χ3n) is 6.91. The summed E-state index contributed by atoms with van der Waals surface area (Å²) in [6.45, 7) is 3.07. The molecule has 1 atom stereocenters. The van der Waals surface area contributed by atoms with Gasteiger partial charge in [0.15, 0.2) is 0 Å². The zero-order chi connectivity index (χ0) is 21.1. The van der Waals surface area contributed by atoms with Gasteiger partial charge in [0.2, 0.25) is 5.91 Å². The van der Waals surface area contributed by atoms with Gasteiger partial charge in [-0.3, -0.25) is 4.79 Å². The minimum absolute atomic E-state index is 0.0276. The Morgan fingerprint density at radius 3 is 2.43 bits per heavy atom. The van der Waals surface area contributed by atoms with Crippen molar-refractivity contribution in [3.05, 3.63) is 29.3 Å². The lowest BCUT2D eigenvalue weighted by Crippen LogP contribution is -2.42. The van der Waals surface area contributed by atoms with E-state index < -0.39 is 11.7 Å². The van der Waals surface area contributed by atoms with E-state index in [4.69, 9.17) is 4.74 Å². The first-order chi connectivity index (χ1) is 14.4. The molecule has 4 rings (SSSR count). The van der Waals surface area contributed by atoms with Gasteiger partial charge < -0.3 is 14.5 Å². The van der Waals surface area contributed by atoms with E-state index in [1.807, 2.05) is 9.80 Å². The molecule has 30 heavy (non-hydrogen) atoms. The first-order valence-electron chi connectivity index (χ1n) is 11.3. The number of carbonyl (C=O) groups excluding carboxylic acids is 1. The number of rotatable bonds is 4. The fourth-order valence-electron chi connectivity index (χ4n) is 5.39. The highest BCUT2D eigenvalue weighted by atomic mass is 19.4. The number of morpholine rings is 1. The van der Waals surface area contributed by atoms with Gasteiger partial charge in [-0.2, -0.15) is 13.2 Å². The number of hydrogen-bond donors (Lipinski definition) is 0. The van der Waals surface area contributed by atoms with Gasteiger partial charge in [0.1, 0.15) is 0 Å². The van der Waals surface area contributed by atoms with E-state index in [-0.39, 0.29) is 18.4 Å². The number of benzene rings is 1. The highest BCUT2D eigenvalue weighted by molar-refractivity contribution is 5.81. The van der Waals surface area contributed by atoms with Crippen molar-refractivity contribution in [1.29, 1.82) is 0 Å². The molecule has 2 heterocycles. The van der Waals surface area contributed by atoms with Crippen LogP contribution in [0.15, 0.2) is 18.2 Å². The number of nitrogens with zero attached hydrogens (tertiary/aromatic N) is 2. The van der Waals surface area contributed by atoms with Crippen LogP contribution >= 0.6 is 0 Å². The molecule has 0 aromatic heterocycles. The summed E-state index contributed by atoms with van der Waals surface area (Å²) in [5, 5.41) is 0. The lowest BCUT2D eigenvalue weighted by molar-refractivity contribution is -0.138. The summed E-state index contributed by atoms with van der Waals surface area (Å²) in [6, 6.07) is 4.09. The van der Waals surface area contributed by atoms with Gasteiger partial charge in [0, 0.05) is 31.4 Å². The van der Waals surface area contributed by atoms with Crippen molar-refractivity contribution in [1.82, 2.24) is 4.90 Å². The third-order valence-corrected chi connectivity index (χ3v) is 6.91. The van der Waals surface area contributed by atoms with E-state index in [1.54, 1.807) is 0 Å². The van der Waals surface area contributed by atoms with E-state index in [9.17, 15) is 18.0 Å². The predicted molar refractivity (Wildman–Crippen MR) is 109 cm³/mol. The molecule has 1 unspecified atom stereocenters. The minimum atomic E-state index is -4.42. The molecule has 1 aromatic rings. The number of anilines is 1. The summed E-state index contributed by atoms with van der Waals surface area (Å²) < 4.78 is 45.5. The van der Waals surface area contributed by atoms with Gasteiger partial charge in [-0.1, -0.05) is 19.3 Å². The van der Waals surface area contributed by atoms with Crippen molar-refractivity contribution in [3.8, 4) is 0 Å². The largest absolute Gasteiger partial charge is 0.416 e. The fourth-order valence-corrected chi connectivity index (χ4v) is 5.39. The fraction of sp³-hybridized carbons (Fsp3) is 0.696. The molecule has 1 aliphatic carbocycles. The highest BCUT2D eigenvalue weighted by Crippen LogP contribution is 2.36. The van der Waals surface area contributed by atoms with E-state index in [2.05, 4.69) is 0 Å². The average molecular weight is 425 g/mol. The average Bonchev–Trinajstić information content (AvgIpc) is 3.24. The van der Waals surface area contributed by atoms with Crippen molar-refractivity contribution in [2.45, 2.75) is 63.6 Å². The van der Waals surface area contributed by atoms with Crippen LogP contribution in [0.5, 0.6) is 0 Å². The van der Waals surface area contributed by atoms with Gasteiger partial charge in [-0.15, -0.1) is 0 Å². The van der Waals surface area contributed by atoms with Gasteiger partial charge in [-0.25, -0.2) is 0 Å². The van der Waals surface area contributed by atoms with Crippen LogP contribution in [0.3, 0.4) is 0 Å². The van der Waals surface area contributed by atoms with Gasteiger partial charge in [0.25, 0.3) is 0 Å². The van der Waals surface area contributed by atoms with Gasteiger partial charge >= 0.3 is 6.18 Å². The standard InChI is InChI=1S/C23H31F3N2O2/c24-23(25,26)19-8-9-20(27-11-13-30-14-12-27)18(15-19)16-22(29)28-10-4-7-21(28)17-5-2-1-3-6-17/h8-9,15,17,21H,1-7,10-14,16H2. The number of hydrogen-bond acceptors (Lipinski definition) is 3. The summed E-state index contributed by atoms with van der Waals surface area (Å²) in [4.78, 5) is 17.3. The van der Waals surface area contributed by atoms with Crippen LogP contribution in [-0.2, 0) is 22.1 Å². The normalized spacial score (nSPS) is 23.8. The topological polar surface area (TPSA) is 32.8 Å². The van der Waals surface area contributed by atoms with Crippen LogP contribution < -0.4 is 4.90 Å². The molecule has 1 saturated carbocycles. The SMILES string of the molecule is O=C(Cc1cc(C(F)(F)F)ccc1N1CCOCC1)N1CCCC1C1CCCCC1. The number of amides is 1. The number of alkyl halides is 3. The lowest BCUT2D eigenvalue weighted by Gasteiger charge is -2.35. The summed E-state index contributed by atoms with van der Waals surface area (Å²) in [5.41, 5.74) is 0.520. The Labute approximate surface area is 176 Å². The van der Waals surface area contributed by atoms with Crippen molar-refractivity contribution in [2.75, 3.05) is 37.7 Å². The van der Waals surface area contributed by atoms with Crippen LogP contribution in [0.4, 0.5) is 18.9 Å². The van der Waals surface area contributed by atoms with Crippen LogP contribution in [-0.4, -0.2) is 49.7 Å². The molecule has 7 heteroatoms. The zero-order valence-electron chi connectivity index (χ0n) is 17.4. The maximum atomic E-state index is 13.4. The Morgan fingerprint density at radius 1 is 1.00 bits per heavy atom. The molecule has 3 aliphatic rings. The van der Waals surface area contributed by atoms with E-state index >= 15 is 0 Å². The lowest BCUT2D eigenvalue weighted by atomic mass is 9.83. The second kappa shape index (κ2) is 9.16.